The molecule has 0 aromatic carbocycles. The first-order valence-electron chi connectivity index (χ1n) is 12.3. The molecule has 0 aliphatic heterocycles. The molecule has 6 nitrogen and oxygen atoms in total. The molecule has 1 aromatic heterocycles. The van der Waals surface area contributed by atoms with E-state index in [4.69, 9.17) is 0 Å². The molecule has 0 amide bonds. The Labute approximate surface area is 213 Å². The largest absolute Gasteiger partial charge is 0.392 e. The summed E-state index contributed by atoms with van der Waals surface area (Å²) in [5, 5.41) is 33.5. The van der Waals surface area contributed by atoms with Crippen molar-refractivity contribution < 1.29 is 24.9 Å². The second-order valence-electron chi connectivity index (χ2n) is 10.5. The first kappa shape index (κ1) is 29.3. The quantitative estimate of drug-likeness (QED) is 0.507. The maximum Gasteiger partial charge on any atom is 0.146 e. The summed E-state index contributed by atoms with van der Waals surface area (Å²) in [6, 6.07) is 0. The van der Waals surface area contributed by atoms with Crippen LogP contribution in [0.1, 0.15) is 77.9 Å². The smallest absolute Gasteiger partial charge is 0.146 e. The van der Waals surface area contributed by atoms with E-state index in [0.717, 1.165) is 23.3 Å². The van der Waals surface area contributed by atoms with Crippen LogP contribution in [0.5, 0.6) is 0 Å². The molecule has 1 aliphatic rings. The molecule has 1 heterocycles. The highest BCUT2D eigenvalue weighted by Crippen LogP contribution is 2.32. The minimum Gasteiger partial charge on any atom is -0.392 e. The van der Waals surface area contributed by atoms with Crippen molar-refractivity contribution in [2.24, 2.45) is 23.2 Å². The molecule has 0 spiro atoms. The number of allylic oxidation sites excluding steroid dienone is 4. The zero-order chi connectivity index (χ0) is 26.3. The van der Waals surface area contributed by atoms with Crippen molar-refractivity contribution in [2.75, 3.05) is 0 Å². The van der Waals surface area contributed by atoms with E-state index >= 15 is 0 Å². The Kier molecular flexibility index (Phi) is 10.8. The topological polar surface area (TPSA) is 108 Å². The SMILES string of the molecule is C/C1=C/C[C@@H](/C(C)=C/c2csc(CO)n2)CC(=O)C[C@H](O)C(C)(C)C(=O)[C@H](C)[C@@H](O)[C@@H](C)/C=C/C1. The summed E-state index contributed by atoms with van der Waals surface area (Å²) in [5.74, 6) is -1.31. The van der Waals surface area contributed by atoms with E-state index < -0.39 is 23.5 Å². The van der Waals surface area contributed by atoms with E-state index in [1.54, 1.807) is 20.8 Å². The van der Waals surface area contributed by atoms with E-state index in [1.165, 1.54) is 11.3 Å². The van der Waals surface area contributed by atoms with Crippen molar-refractivity contribution in [1.82, 2.24) is 4.98 Å². The van der Waals surface area contributed by atoms with Crippen LogP contribution in [0.3, 0.4) is 0 Å². The average Bonchev–Trinajstić information content (AvgIpc) is 3.26. The molecular weight excluding hydrogens is 462 g/mol. The maximum atomic E-state index is 13.2. The molecule has 0 saturated carbocycles. The van der Waals surface area contributed by atoms with Crippen LogP contribution in [-0.2, 0) is 16.2 Å². The van der Waals surface area contributed by atoms with Crippen LogP contribution in [0.25, 0.3) is 6.08 Å². The fourth-order valence-electron chi connectivity index (χ4n) is 4.44. The number of ketones is 2. The number of rotatable bonds is 3. The van der Waals surface area contributed by atoms with Crippen molar-refractivity contribution >= 4 is 29.0 Å². The highest BCUT2D eigenvalue weighted by Gasteiger charge is 2.41. The van der Waals surface area contributed by atoms with Crippen LogP contribution >= 0.6 is 11.3 Å². The van der Waals surface area contributed by atoms with Crippen LogP contribution in [0, 0.1) is 23.2 Å². The van der Waals surface area contributed by atoms with Crippen LogP contribution in [-0.4, -0.2) is 44.1 Å². The highest BCUT2D eigenvalue weighted by atomic mass is 32.1. The number of hydrogen-bond donors (Lipinski definition) is 3. The number of hydrogen-bond acceptors (Lipinski definition) is 7. The van der Waals surface area contributed by atoms with Gasteiger partial charge in [0.2, 0.25) is 0 Å². The normalized spacial score (nSPS) is 32.2. The van der Waals surface area contributed by atoms with Gasteiger partial charge in [0.1, 0.15) is 16.6 Å². The summed E-state index contributed by atoms with van der Waals surface area (Å²) in [7, 11) is 0. The number of aliphatic hydroxyl groups excluding tert-OH is 3. The Bertz CT molecular complexity index is 974. The standard InChI is InChI=1S/C28H41NO5S/c1-17-8-7-9-18(2)26(33)20(4)27(34)28(5,6)24(32)14-23(31)13-21(11-10-17)19(3)12-22-16-35-25(15-30)29-22/h7,9-10,12,16,18,20-21,24,26,30,32-33H,8,11,13-15H2,1-6H3/b9-7+,17-10-,19-12+/t18-,20+,21+,24-,26-/m0/s1. The van der Waals surface area contributed by atoms with Gasteiger partial charge >= 0.3 is 0 Å². The predicted octanol–water partition coefficient (Wildman–Crippen LogP) is 4.89. The summed E-state index contributed by atoms with van der Waals surface area (Å²) in [5.41, 5.74) is 1.76. The molecule has 3 N–H and O–H groups in total. The third kappa shape index (κ3) is 8.04. The third-order valence-electron chi connectivity index (χ3n) is 7.18. The summed E-state index contributed by atoms with van der Waals surface area (Å²) in [4.78, 5) is 30.6. The summed E-state index contributed by atoms with van der Waals surface area (Å²) in [6.45, 7) is 10.8. The molecule has 0 fully saturated rings. The van der Waals surface area contributed by atoms with E-state index in [9.17, 15) is 24.9 Å². The number of aliphatic hydroxyl groups is 3. The highest BCUT2D eigenvalue weighted by molar-refractivity contribution is 7.09. The van der Waals surface area contributed by atoms with Crippen LogP contribution in [0.15, 0.2) is 34.8 Å². The lowest BCUT2D eigenvalue weighted by atomic mass is 9.72. The van der Waals surface area contributed by atoms with Gasteiger partial charge in [-0.3, -0.25) is 9.59 Å². The minimum atomic E-state index is -1.16. The first-order valence-corrected chi connectivity index (χ1v) is 13.2. The van der Waals surface area contributed by atoms with Gasteiger partial charge in [-0.25, -0.2) is 4.98 Å². The molecule has 0 saturated heterocycles. The number of Topliss-reactive ketones (excluding diaryl/α,β-unsaturated/α-hetero) is 2. The number of nitrogens with zero attached hydrogens (tertiary/aromatic N) is 1. The second kappa shape index (κ2) is 12.9. The zero-order valence-corrected chi connectivity index (χ0v) is 22.6. The van der Waals surface area contributed by atoms with Gasteiger partial charge in [0, 0.05) is 30.1 Å². The van der Waals surface area contributed by atoms with Crippen molar-refractivity contribution in [2.45, 2.75) is 86.0 Å². The van der Waals surface area contributed by atoms with E-state index in [0.29, 0.717) is 11.4 Å². The Balaban J connectivity index is 2.37. The van der Waals surface area contributed by atoms with Crippen molar-refractivity contribution in [3.8, 4) is 0 Å². The molecule has 7 heteroatoms. The molecule has 0 unspecified atom stereocenters. The number of thiazole rings is 1. The Morgan fingerprint density at radius 1 is 1.23 bits per heavy atom. The van der Waals surface area contributed by atoms with Gasteiger partial charge in [-0.15, -0.1) is 11.3 Å². The summed E-state index contributed by atoms with van der Waals surface area (Å²) in [6.07, 6.45) is 7.55. The van der Waals surface area contributed by atoms with Gasteiger partial charge in [-0.1, -0.05) is 57.1 Å². The Morgan fingerprint density at radius 2 is 1.91 bits per heavy atom. The predicted molar refractivity (Wildman–Crippen MR) is 141 cm³/mol. The first-order chi connectivity index (χ1) is 16.4. The molecule has 35 heavy (non-hydrogen) atoms. The zero-order valence-electron chi connectivity index (χ0n) is 21.8. The fraction of sp³-hybridized carbons (Fsp3) is 0.607. The minimum absolute atomic E-state index is 0.0701. The molecular formula is C28H41NO5S. The summed E-state index contributed by atoms with van der Waals surface area (Å²) >= 11 is 1.39. The lowest BCUT2D eigenvalue weighted by molar-refractivity contribution is -0.142. The number of carbonyl (C=O) groups is 2. The van der Waals surface area contributed by atoms with Gasteiger partial charge in [0.15, 0.2) is 0 Å². The lowest BCUT2D eigenvalue weighted by Crippen LogP contribution is -2.45. The third-order valence-corrected chi connectivity index (χ3v) is 8.03. The van der Waals surface area contributed by atoms with Gasteiger partial charge < -0.3 is 15.3 Å². The monoisotopic (exact) mass is 503 g/mol. The van der Waals surface area contributed by atoms with Crippen LogP contribution in [0.2, 0.25) is 0 Å². The molecule has 5 atom stereocenters. The van der Waals surface area contributed by atoms with Crippen molar-refractivity contribution in [3.05, 3.63) is 45.5 Å². The maximum absolute atomic E-state index is 13.2. The molecule has 0 bridgehead atoms. The molecule has 194 valence electrons. The molecule has 2 rings (SSSR count). The van der Waals surface area contributed by atoms with Crippen LogP contribution in [0.4, 0.5) is 0 Å². The molecule has 1 aliphatic carbocycles. The van der Waals surface area contributed by atoms with Crippen molar-refractivity contribution in [1.29, 1.82) is 0 Å². The van der Waals surface area contributed by atoms with E-state index in [1.807, 2.05) is 44.4 Å². The average molecular weight is 504 g/mol. The van der Waals surface area contributed by atoms with E-state index in [2.05, 4.69) is 11.1 Å². The Hall–Kier alpha value is -1.93. The lowest BCUT2D eigenvalue weighted by Gasteiger charge is -2.34. The molecule has 1 aromatic rings. The number of aromatic nitrogens is 1. The van der Waals surface area contributed by atoms with Gasteiger partial charge in [0.05, 0.1) is 29.9 Å². The Morgan fingerprint density at radius 3 is 2.54 bits per heavy atom. The van der Waals surface area contributed by atoms with Crippen molar-refractivity contribution in [3.63, 3.8) is 0 Å². The fourth-order valence-corrected chi connectivity index (χ4v) is 5.06. The van der Waals surface area contributed by atoms with Gasteiger partial charge in [-0.05, 0) is 38.7 Å². The molecule has 0 radical (unpaired) electrons. The van der Waals surface area contributed by atoms with Crippen LogP contribution < -0.4 is 0 Å². The summed E-state index contributed by atoms with van der Waals surface area (Å²) < 4.78 is 0. The van der Waals surface area contributed by atoms with Gasteiger partial charge in [0.25, 0.3) is 0 Å². The second-order valence-corrected chi connectivity index (χ2v) is 11.5. The van der Waals surface area contributed by atoms with E-state index in [-0.39, 0.29) is 42.9 Å². The number of carbonyl (C=O) groups excluding carboxylic acids is 2. The van der Waals surface area contributed by atoms with Gasteiger partial charge in [-0.2, -0.15) is 0 Å².